The van der Waals surface area contributed by atoms with Crippen LogP contribution < -0.4 is 0 Å². The summed E-state index contributed by atoms with van der Waals surface area (Å²) in [5.41, 5.74) is -0.238. The second-order valence-electron chi connectivity index (χ2n) is 3.43. The van der Waals surface area contributed by atoms with Crippen LogP contribution in [-0.2, 0) is 4.74 Å². The monoisotopic (exact) mass is 290 g/mol. The molecule has 0 spiro atoms. The molecule has 0 bridgehead atoms. The molecule has 0 fully saturated rings. The average molecular weight is 291 g/mol. The Morgan fingerprint density at radius 3 is 2.33 bits per heavy atom. The summed E-state index contributed by atoms with van der Waals surface area (Å²) < 4.78 is 65.1. The predicted octanol–water partition coefficient (Wildman–Crippen LogP) is 3.23. The van der Waals surface area contributed by atoms with Gasteiger partial charge in [-0.15, -0.1) is 0 Å². The van der Waals surface area contributed by atoms with Gasteiger partial charge in [0.05, 0.1) is 6.61 Å². The molecule has 0 saturated carbocycles. The second-order valence-corrected chi connectivity index (χ2v) is 3.84. The van der Waals surface area contributed by atoms with Crippen LogP contribution >= 0.6 is 11.6 Å². The van der Waals surface area contributed by atoms with E-state index in [4.69, 9.17) is 11.6 Å². The third-order valence-electron chi connectivity index (χ3n) is 1.94. The van der Waals surface area contributed by atoms with Gasteiger partial charge in [-0.3, -0.25) is 0 Å². The number of rotatable bonds is 4. The highest BCUT2D eigenvalue weighted by Gasteiger charge is 2.28. The van der Waals surface area contributed by atoms with Crippen molar-refractivity contribution in [2.24, 2.45) is 0 Å². The number of benzene rings is 1. The maximum Gasteiger partial charge on any atom is 0.411 e. The lowest BCUT2D eigenvalue weighted by Gasteiger charge is -2.14. The van der Waals surface area contributed by atoms with Crippen molar-refractivity contribution in [2.75, 3.05) is 13.2 Å². The van der Waals surface area contributed by atoms with Gasteiger partial charge in [-0.05, 0) is 12.1 Å². The van der Waals surface area contributed by atoms with E-state index in [1.54, 1.807) is 0 Å². The lowest BCUT2D eigenvalue weighted by molar-refractivity contribution is -0.179. The van der Waals surface area contributed by atoms with E-state index in [1.807, 2.05) is 0 Å². The zero-order chi connectivity index (χ0) is 13.9. The van der Waals surface area contributed by atoms with Crippen molar-refractivity contribution >= 4 is 11.6 Å². The van der Waals surface area contributed by atoms with Crippen LogP contribution in [0.15, 0.2) is 12.1 Å². The number of halogens is 6. The van der Waals surface area contributed by atoms with Crippen molar-refractivity contribution in [1.29, 1.82) is 0 Å². The molecule has 0 radical (unpaired) electrons. The Bertz CT molecular complexity index is 421. The first-order valence-corrected chi connectivity index (χ1v) is 5.05. The molecule has 1 N–H and O–H groups in total. The molecule has 0 aromatic heterocycles. The van der Waals surface area contributed by atoms with E-state index in [0.717, 1.165) is 0 Å². The van der Waals surface area contributed by atoms with Gasteiger partial charge in [-0.2, -0.15) is 13.2 Å². The fraction of sp³-hybridized carbons (Fsp3) is 0.400. The number of aliphatic hydroxyl groups excluding tert-OH is 1. The Balaban J connectivity index is 2.67. The first-order chi connectivity index (χ1) is 8.20. The van der Waals surface area contributed by atoms with Crippen LogP contribution in [0, 0.1) is 11.6 Å². The molecule has 0 aliphatic rings. The van der Waals surface area contributed by atoms with Crippen molar-refractivity contribution in [2.45, 2.75) is 12.3 Å². The van der Waals surface area contributed by atoms with E-state index in [2.05, 4.69) is 4.74 Å². The Hall–Kier alpha value is -0.920. The van der Waals surface area contributed by atoms with Gasteiger partial charge in [0.2, 0.25) is 0 Å². The van der Waals surface area contributed by atoms with Crippen molar-refractivity contribution in [3.8, 4) is 0 Å². The summed E-state index contributed by atoms with van der Waals surface area (Å²) in [6.45, 7) is -2.28. The molecule has 18 heavy (non-hydrogen) atoms. The molecule has 0 aliphatic heterocycles. The number of alkyl halides is 3. The van der Waals surface area contributed by atoms with E-state index < -0.39 is 37.1 Å². The van der Waals surface area contributed by atoms with Crippen LogP contribution in [0.1, 0.15) is 11.7 Å². The number of hydrogen-bond acceptors (Lipinski definition) is 2. The smallest absolute Gasteiger partial charge is 0.386 e. The summed E-state index contributed by atoms with van der Waals surface area (Å²) in [6.07, 6.45) is -6.10. The highest BCUT2D eigenvalue weighted by atomic mass is 35.5. The second kappa shape index (κ2) is 5.81. The summed E-state index contributed by atoms with van der Waals surface area (Å²) in [5, 5.41) is 9.15. The number of ether oxygens (including phenoxy) is 1. The van der Waals surface area contributed by atoms with Gasteiger partial charge in [0.15, 0.2) is 11.6 Å². The minimum atomic E-state index is -4.53. The fourth-order valence-corrected chi connectivity index (χ4v) is 1.45. The SMILES string of the molecule is OC(COCC(F)(F)F)c1cc(F)c(F)cc1Cl. The fourth-order valence-electron chi connectivity index (χ4n) is 1.17. The molecule has 8 heteroatoms. The topological polar surface area (TPSA) is 29.5 Å². The average Bonchev–Trinajstić information content (AvgIpc) is 2.21. The third-order valence-corrected chi connectivity index (χ3v) is 2.27. The largest absolute Gasteiger partial charge is 0.411 e. The van der Waals surface area contributed by atoms with Crippen molar-refractivity contribution in [3.05, 3.63) is 34.4 Å². The molecule has 0 heterocycles. The van der Waals surface area contributed by atoms with Crippen LogP contribution in [0.5, 0.6) is 0 Å². The third kappa shape index (κ3) is 4.40. The van der Waals surface area contributed by atoms with Crippen molar-refractivity contribution < 1.29 is 31.8 Å². The van der Waals surface area contributed by atoms with Gasteiger partial charge in [0, 0.05) is 10.6 Å². The van der Waals surface area contributed by atoms with Crippen LogP contribution in [0.3, 0.4) is 0 Å². The highest BCUT2D eigenvalue weighted by molar-refractivity contribution is 6.31. The van der Waals surface area contributed by atoms with Gasteiger partial charge < -0.3 is 9.84 Å². The molecule has 1 rings (SSSR count). The number of hydrogen-bond donors (Lipinski definition) is 1. The van der Waals surface area contributed by atoms with Crippen LogP contribution in [-0.4, -0.2) is 24.5 Å². The summed E-state index contributed by atoms with van der Waals surface area (Å²) in [6, 6.07) is 1.23. The normalized spacial score (nSPS) is 13.7. The molecule has 1 unspecified atom stereocenters. The Kier molecular flexibility index (Phi) is 4.89. The van der Waals surface area contributed by atoms with Gasteiger partial charge in [0.1, 0.15) is 12.7 Å². The molecule has 1 aromatic rings. The molecule has 0 saturated heterocycles. The highest BCUT2D eigenvalue weighted by Crippen LogP contribution is 2.26. The standard InChI is InChI=1S/C10H8ClF5O2/c11-6-2-8(13)7(12)1-5(6)9(17)3-18-4-10(14,15)16/h1-2,9,17H,3-4H2. The minimum absolute atomic E-state index is 0.238. The summed E-state index contributed by atoms with van der Waals surface area (Å²) in [7, 11) is 0. The maximum atomic E-state index is 12.9. The van der Waals surface area contributed by atoms with Crippen LogP contribution in [0.4, 0.5) is 22.0 Å². The van der Waals surface area contributed by atoms with E-state index in [1.165, 1.54) is 0 Å². The molecule has 2 nitrogen and oxygen atoms in total. The summed E-state index contributed by atoms with van der Waals surface area (Å²) in [5.74, 6) is -2.48. The summed E-state index contributed by atoms with van der Waals surface area (Å²) in [4.78, 5) is 0. The number of aliphatic hydroxyl groups is 1. The molecule has 102 valence electrons. The predicted molar refractivity (Wildman–Crippen MR) is 53.2 cm³/mol. The molecule has 1 atom stereocenters. The Labute approximate surface area is 104 Å². The minimum Gasteiger partial charge on any atom is -0.386 e. The van der Waals surface area contributed by atoms with Gasteiger partial charge in [-0.1, -0.05) is 11.6 Å². The lowest BCUT2D eigenvalue weighted by Crippen LogP contribution is -2.19. The van der Waals surface area contributed by atoms with E-state index in [9.17, 15) is 27.1 Å². The van der Waals surface area contributed by atoms with Gasteiger partial charge in [0.25, 0.3) is 0 Å². The summed E-state index contributed by atoms with van der Waals surface area (Å²) >= 11 is 5.52. The van der Waals surface area contributed by atoms with Crippen molar-refractivity contribution in [1.82, 2.24) is 0 Å². The first kappa shape index (κ1) is 15.1. The zero-order valence-corrected chi connectivity index (χ0v) is 9.53. The van der Waals surface area contributed by atoms with Crippen LogP contribution in [0.2, 0.25) is 5.02 Å². The molecular weight excluding hydrogens is 283 g/mol. The van der Waals surface area contributed by atoms with E-state index in [-0.39, 0.29) is 10.6 Å². The van der Waals surface area contributed by atoms with Gasteiger partial charge >= 0.3 is 6.18 Å². The zero-order valence-electron chi connectivity index (χ0n) is 8.77. The van der Waals surface area contributed by atoms with E-state index in [0.29, 0.717) is 12.1 Å². The molecule has 0 aliphatic carbocycles. The van der Waals surface area contributed by atoms with Crippen LogP contribution in [0.25, 0.3) is 0 Å². The molecule has 1 aromatic carbocycles. The molecule has 0 amide bonds. The maximum absolute atomic E-state index is 12.9. The lowest BCUT2D eigenvalue weighted by atomic mass is 10.1. The molecular formula is C10H8ClF5O2. The van der Waals surface area contributed by atoms with E-state index >= 15 is 0 Å². The first-order valence-electron chi connectivity index (χ1n) is 4.67. The van der Waals surface area contributed by atoms with Crippen molar-refractivity contribution in [3.63, 3.8) is 0 Å². The van der Waals surface area contributed by atoms with Gasteiger partial charge in [-0.25, -0.2) is 8.78 Å². The Morgan fingerprint density at radius 2 is 1.78 bits per heavy atom. The Morgan fingerprint density at radius 1 is 1.22 bits per heavy atom. The quantitative estimate of drug-likeness (QED) is 0.681.